The molecule has 0 aromatic heterocycles. The molecule has 0 bridgehead atoms. The van der Waals surface area contributed by atoms with Crippen molar-refractivity contribution < 1.29 is 34.3 Å². The summed E-state index contributed by atoms with van der Waals surface area (Å²) >= 11 is 0. The number of rotatable bonds is 25. The lowest BCUT2D eigenvalue weighted by atomic mass is 9.99. The first-order valence-electron chi connectivity index (χ1n) is 18.6. The molecule has 2 saturated heterocycles. The minimum Gasteiger partial charge on any atom is -0.455 e. The van der Waals surface area contributed by atoms with Crippen LogP contribution in [-0.2, 0) is 19.0 Å². The standard InChI is InChI=1S/C37H66O7/c1-3-4-5-6-7-8-9-13-16-19-30(38)21-22-32(40)34-24-26-36(44-34)35-25-23-33(43-35)31(39)20-17-14-11-10-12-15-18-29-27-28(2)42-37(29)41/h27-28,30-36,38-40H,3-26H2,1-2H3. The van der Waals surface area contributed by atoms with Gasteiger partial charge in [0.1, 0.15) is 6.10 Å². The van der Waals surface area contributed by atoms with E-state index in [1.807, 2.05) is 13.0 Å². The number of carbonyl (C=O) groups is 1. The highest BCUT2D eigenvalue weighted by Gasteiger charge is 2.40. The molecule has 0 saturated carbocycles. The van der Waals surface area contributed by atoms with Crippen LogP contribution >= 0.6 is 0 Å². The van der Waals surface area contributed by atoms with Crippen molar-refractivity contribution >= 4 is 5.97 Å². The molecule has 3 aliphatic rings. The topological polar surface area (TPSA) is 105 Å². The Hall–Kier alpha value is -0.990. The zero-order chi connectivity index (χ0) is 31.6. The molecule has 3 N–H and O–H groups in total. The Morgan fingerprint density at radius 3 is 1.70 bits per heavy atom. The molecule has 3 rings (SSSR count). The fraction of sp³-hybridized carbons (Fsp3) is 0.919. The van der Waals surface area contributed by atoms with Gasteiger partial charge in [-0.2, -0.15) is 0 Å². The summed E-state index contributed by atoms with van der Waals surface area (Å²) in [5.74, 6) is -0.148. The van der Waals surface area contributed by atoms with Gasteiger partial charge < -0.3 is 29.5 Å². The molecule has 7 heteroatoms. The van der Waals surface area contributed by atoms with Gasteiger partial charge in [0.05, 0.1) is 42.7 Å². The van der Waals surface area contributed by atoms with Crippen molar-refractivity contribution in [1.29, 1.82) is 0 Å². The Balaban J connectivity index is 1.16. The van der Waals surface area contributed by atoms with Crippen LogP contribution in [0.1, 0.15) is 168 Å². The van der Waals surface area contributed by atoms with Crippen molar-refractivity contribution in [3.05, 3.63) is 11.6 Å². The van der Waals surface area contributed by atoms with Crippen LogP contribution in [0, 0.1) is 0 Å². The molecule has 256 valence electrons. The molecule has 8 atom stereocenters. The molecule has 2 fully saturated rings. The molecule has 0 aliphatic carbocycles. The van der Waals surface area contributed by atoms with Crippen molar-refractivity contribution in [2.45, 2.75) is 217 Å². The fourth-order valence-corrected chi connectivity index (χ4v) is 7.25. The van der Waals surface area contributed by atoms with E-state index in [0.717, 1.165) is 95.5 Å². The van der Waals surface area contributed by atoms with Gasteiger partial charge in [-0.1, -0.05) is 96.8 Å². The molecule has 7 nitrogen and oxygen atoms in total. The van der Waals surface area contributed by atoms with Crippen LogP contribution in [0.5, 0.6) is 0 Å². The molecule has 3 heterocycles. The average Bonchev–Trinajstić information content (AvgIpc) is 3.76. The number of ether oxygens (including phenoxy) is 3. The van der Waals surface area contributed by atoms with Crippen molar-refractivity contribution in [3.8, 4) is 0 Å². The number of unbranched alkanes of at least 4 members (excludes halogenated alkanes) is 13. The summed E-state index contributed by atoms with van der Waals surface area (Å²) in [6.45, 7) is 4.15. The summed E-state index contributed by atoms with van der Waals surface area (Å²) in [7, 11) is 0. The SMILES string of the molecule is CCCCCCCCCCCC(O)CCC(O)C1CCC(C2CCC(C(O)CCCCCCCCC3=CC(C)OC3=O)O2)O1. The van der Waals surface area contributed by atoms with Crippen LogP contribution in [0.3, 0.4) is 0 Å². The van der Waals surface area contributed by atoms with Crippen LogP contribution in [0.4, 0.5) is 0 Å². The van der Waals surface area contributed by atoms with Gasteiger partial charge in [-0.3, -0.25) is 0 Å². The lowest BCUT2D eigenvalue weighted by Crippen LogP contribution is -2.33. The molecular formula is C37H66O7. The van der Waals surface area contributed by atoms with E-state index in [1.54, 1.807) is 0 Å². The summed E-state index contributed by atoms with van der Waals surface area (Å²) in [6, 6.07) is 0. The third-order valence-electron chi connectivity index (χ3n) is 10.1. The molecule has 44 heavy (non-hydrogen) atoms. The second-order valence-electron chi connectivity index (χ2n) is 14.0. The van der Waals surface area contributed by atoms with E-state index in [-0.39, 0.29) is 42.6 Å². The summed E-state index contributed by atoms with van der Waals surface area (Å²) in [5.41, 5.74) is 0.833. The number of hydrogen-bond donors (Lipinski definition) is 3. The second kappa shape index (κ2) is 21.7. The van der Waals surface area contributed by atoms with E-state index in [9.17, 15) is 20.1 Å². The van der Waals surface area contributed by atoms with Crippen molar-refractivity contribution in [1.82, 2.24) is 0 Å². The van der Waals surface area contributed by atoms with Crippen LogP contribution in [0.2, 0.25) is 0 Å². The molecular weight excluding hydrogens is 556 g/mol. The molecule has 0 aromatic rings. The Morgan fingerprint density at radius 1 is 0.659 bits per heavy atom. The van der Waals surface area contributed by atoms with Gasteiger partial charge >= 0.3 is 5.97 Å². The first kappa shape index (κ1) is 37.5. The largest absolute Gasteiger partial charge is 0.455 e. The van der Waals surface area contributed by atoms with E-state index in [1.165, 1.54) is 51.4 Å². The molecule has 0 amide bonds. The minimum absolute atomic E-state index is 0.000614. The number of esters is 1. The van der Waals surface area contributed by atoms with Gasteiger partial charge in [-0.05, 0) is 77.2 Å². The summed E-state index contributed by atoms with van der Waals surface area (Å²) in [5, 5.41) is 31.9. The lowest BCUT2D eigenvalue weighted by Gasteiger charge is -2.24. The molecule has 0 radical (unpaired) electrons. The van der Waals surface area contributed by atoms with Gasteiger partial charge in [0.15, 0.2) is 0 Å². The van der Waals surface area contributed by atoms with Crippen LogP contribution in [0.25, 0.3) is 0 Å². The minimum atomic E-state index is -0.541. The van der Waals surface area contributed by atoms with Crippen LogP contribution < -0.4 is 0 Å². The van der Waals surface area contributed by atoms with Gasteiger partial charge in [-0.15, -0.1) is 0 Å². The molecule has 3 aliphatic heterocycles. The first-order valence-corrected chi connectivity index (χ1v) is 18.6. The van der Waals surface area contributed by atoms with E-state index < -0.39 is 12.2 Å². The number of cyclic esters (lactones) is 1. The maximum Gasteiger partial charge on any atom is 0.334 e. The van der Waals surface area contributed by atoms with Gasteiger partial charge in [0.25, 0.3) is 0 Å². The number of aliphatic hydroxyl groups excluding tert-OH is 3. The van der Waals surface area contributed by atoms with Gasteiger partial charge in [-0.25, -0.2) is 4.79 Å². The Morgan fingerprint density at radius 2 is 1.16 bits per heavy atom. The molecule has 8 unspecified atom stereocenters. The monoisotopic (exact) mass is 622 g/mol. The van der Waals surface area contributed by atoms with E-state index in [4.69, 9.17) is 14.2 Å². The quantitative estimate of drug-likeness (QED) is 0.0703. The van der Waals surface area contributed by atoms with Crippen molar-refractivity contribution in [2.24, 2.45) is 0 Å². The number of aliphatic hydroxyl groups is 3. The highest BCUT2D eigenvalue weighted by molar-refractivity contribution is 5.90. The fourth-order valence-electron chi connectivity index (χ4n) is 7.25. The third-order valence-corrected chi connectivity index (χ3v) is 10.1. The maximum absolute atomic E-state index is 11.7. The predicted octanol–water partition coefficient (Wildman–Crippen LogP) is 7.86. The summed E-state index contributed by atoms with van der Waals surface area (Å²) in [4.78, 5) is 11.7. The highest BCUT2D eigenvalue weighted by atomic mass is 16.6. The highest BCUT2D eigenvalue weighted by Crippen LogP contribution is 2.34. The van der Waals surface area contributed by atoms with E-state index in [2.05, 4.69) is 6.92 Å². The number of hydrogen-bond acceptors (Lipinski definition) is 7. The Labute approximate surface area is 268 Å². The van der Waals surface area contributed by atoms with E-state index in [0.29, 0.717) is 12.8 Å². The smallest absolute Gasteiger partial charge is 0.334 e. The molecule has 0 aromatic carbocycles. The normalized spacial score (nSPS) is 27.4. The maximum atomic E-state index is 11.7. The first-order chi connectivity index (χ1) is 21.4. The predicted molar refractivity (Wildman–Crippen MR) is 175 cm³/mol. The zero-order valence-electron chi connectivity index (χ0n) is 28.1. The molecule has 0 spiro atoms. The van der Waals surface area contributed by atoms with Crippen LogP contribution in [0.15, 0.2) is 11.6 Å². The third kappa shape index (κ3) is 14.2. The van der Waals surface area contributed by atoms with Gasteiger partial charge in [0, 0.05) is 5.57 Å². The summed E-state index contributed by atoms with van der Waals surface area (Å²) < 4.78 is 17.7. The second-order valence-corrected chi connectivity index (χ2v) is 14.0. The van der Waals surface area contributed by atoms with Crippen molar-refractivity contribution in [2.75, 3.05) is 0 Å². The Kier molecular flexibility index (Phi) is 18.5. The van der Waals surface area contributed by atoms with Gasteiger partial charge in [0.2, 0.25) is 0 Å². The lowest BCUT2D eigenvalue weighted by molar-refractivity contribution is -0.139. The average molecular weight is 623 g/mol. The van der Waals surface area contributed by atoms with Crippen LogP contribution in [-0.4, -0.2) is 70.1 Å². The van der Waals surface area contributed by atoms with E-state index >= 15 is 0 Å². The Bertz CT molecular complexity index is 801. The zero-order valence-corrected chi connectivity index (χ0v) is 28.1. The summed E-state index contributed by atoms with van der Waals surface area (Å²) in [6.07, 6.45) is 25.4. The van der Waals surface area contributed by atoms with Crippen molar-refractivity contribution in [3.63, 3.8) is 0 Å². The number of carbonyl (C=O) groups excluding carboxylic acids is 1.